The molecule has 5 nitrogen and oxygen atoms in total. The summed E-state index contributed by atoms with van der Waals surface area (Å²) in [7, 11) is 0. The molecule has 0 saturated carbocycles. The highest BCUT2D eigenvalue weighted by molar-refractivity contribution is 5.59. The zero-order valence-electron chi connectivity index (χ0n) is 13.5. The number of rotatable bonds is 6. The Balaban J connectivity index is 2.36. The molecule has 1 aromatic heterocycles. The van der Waals surface area contributed by atoms with E-state index in [2.05, 4.69) is 36.0 Å². The largest absolute Gasteiger partial charge is 0.394 e. The van der Waals surface area contributed by atoms with Gasteiger partial charge in [0.2, 0.25) is 0 Å². The molecule has 2 heterocycles. The third-order valence-corrected chi connectivity index (χ3v) is 4.14. The van der Waals surface area contributed by atoms with E-state index in [9.17, 15) is 5.11 Å². The van der Waals surface area contributed by atoms with Crippen molar-refractivity contribution in [3.05, 3.63) is 11.4 Å². The van der Waals surface area contributed by atoms with E-state index in [0.717, 1.165) is 55.4 Å². The maximum Gasteiger partial charge on any atom is 0.137 e. The normalized spacial score (nSPS) is 18.9. The molecule has 2 rings (SSSR count). The number of aromatic nitrogens is 2. The summed E-state index contributed by atoms with van der Waals surface area (Å²) in [6.45, 7) is 8.40. The number of nitrogens with zero attached hydrogens (tertiary/aromatic N) is 3. The van der Waals surface area contributed by atoms with E-state index in [0.29, 0.717) is 0 Å². The van der Waals surface area contributed by atoms with Crippen LogP contribution in [-0.2, 0) is 6.42 Å². The summed E-state index contributed by atoms with van der Waals surface area (Å²) in [5.74, 6) is 2.82. The minimum Gasteiger partial charge on any atom is -0.394 e. The molecule has 0 bridgehead atoms. The average Bonchev–Trinajstić information content (AvgIpc) is 2.54. The van der Waals surface area contributed by atoms with Crippen molar-refractivity contribution in [2.45, 2.75) is 58.9 Å². The molecule has 0 spiro atoms. The third-order valence-electron chi connectivity index (χ3n) is 4.14. The Morgan fingerprint density at radius 2 is 2.10 bits per heavy atom. The minimum atomic E-state index is 0.191. The first-order valence-corrected chi connectivity index (χ1v) is 8.20. The molecule has 1 atom stereocenters. The van der Waals surface area contributed by atoms with Gasteiger partial charge >= 0.3 is 0 Å². The van der Waals surface area contributed by atoms with Crippen LogP contribution in [0.2, 0.25) is 0 Å². The van der Waals surface area contributed by atoms with E-state index >= 15 is 0 Å². The summed E-state index contributed by atoms with van der Waals surface area (Å²) in [5, 5.41) is 13.1. The molecule has 5 heteroatoms. The number of hydrogen-bond acceptors (Lipinski definition) is 5. The summed E-state index contributed by atoms with van der Waals surface area (Å²) in [6.07, 6.45) is 5.29. The van der Waals surface area contributed by atoms with Crippen LogP contribution in [0.5, 0.6) is 0 Å². The lowest BCUT2D eigenvalue weighted by Gasteiger charge is -2.36. The van der Waals surface area contributed by atoms with E-state index < -0.39 is 0 Å². The molecule has 1 aliphatic rings. The number of aliphatic hydroxyl groups is 1. The maximum atomic E-state index is 9.65. The SMILES string of the molecule is CCCNc1nc(CC)nc(N2CCCCC2CO)c1C. The monoisotopic (exact) mass is 292 g/mol. The lowest BCUT2D eigenvalue weighted by Crippen LogP contribution is -2.43. The standard InChI is InChI=1S/C16H28N4O/c1-4-9-17-15-12(3)16(19-14(5-2)18-15)20-10-7-6-8-13(20)11-21/h13,21H,4-11H2,1-3H3,(H,17,18,19). The maximum absolute atomic E-state index is 9.65. The molecule has 1 aliphatic heterocycles. The molecule has 0 amide bonds. The van der Waals surface area contributed by atoms with Gasteiger partial charge in [-0.3, -0.25) is 0 Å². The summed E-state index contributed by atoms with van der Waals surface area (Å²) in [6, 6.07) is 0.191. The fourth-order valence-corrected chi connectivity index (χ4v) is 2.87. The van der Waals surface area contributed by atoms with Gasteiger partial charge in [-0.2, -0.15) is 0 Å². The van der Waals surface area contributed by atoms with E-state index in [-0.39, 0.29) is 12.6 Å². The predicted octanol–water partition coefficient (Wildman–Crippen LogP) is 2.52. The van der Waals surface area contributed by atoms with Crippen molar-refractivity contribution in [2.75, 3.05) is 29.9 Å². The fraction of sp³-hybridized carbons (Fsp3) is 0.750. The van der Waals surface area contributed by atoms with Crippen LogP contribution >= 0.6 is 0 Å². The van der Waals surface area contributed by atoms with Crippen LogP contribution in [0.3, 0.4) is 0 Å². The highest BCUT2D eigenvalue weighted by atomic mass is 16.3. The molecule has 1 saturated heterocycles. The molecule has 0 aromatic carbocycles. The van der Waals surface area contributed by atoms with Crippen molar-refractivity contribution in [2.24, 2.45) is 0 Å². The van der Waals surface area contributed by atoms with Crippen LogP contribution in [0, 0.1) is 6.92 Å². The minimum absolute atomic E-state index is 0.191. The van der Waals surface area contributed by atoms with Gasteiger partial charge in [0.05, 0.1) is 12.6 Å². The van der Waals surface area contributed by atoms with Crippen LogP contribution in [0.25, 0.3) is 0 Å². The van der Waals surface area contributed by atoms with Gasteiger partial charge < -0.3 is 15.3 Å². The highest BCUT2D eigenvalue weighted by Gasteiger charge is 2.25. The Bertz CT molecular complexity index is 464. The molecule has 118 valence electrons. The molecule has 0 aliphatic carbocycles. The third kappa shape index (κ3) is 3.64. The fourth-order valence-electron chi connectivity index (χ4n) is 2.87. The first-order chi connectivity index (χ1) is 10.2. The van der Waals surface area contributed by atoms with Gasteiger partial charge in [-0.15, -0.1) is 0 Å². The molecule has 0 radical (unpaired) electrons. The van der Waals surface area contributed by atoms with Gasteiger partial charge in [-0.05, 0) is 32.6 Å². The van der Waals surface area contributed by atoms with Crippen molar-refractivity contribution in [3.8, 4) is 0 Å². The predicted molar refractivity (Wildman–Crippen MR) is 87.0 cm³/mol. The van der Waals surface area contributed by atoms with Gasteiger partial charge in [-0.1, -0.05) is 13.8 Å². The smallest absolute Gasteiger partial charge is 0.137 e. The Kier molecular flexibility index (Phi) is 5.79. The van der Waals surface area contributed by atoms with E-state index in [1.165, 1.54) is 12.8 Å². The Morgan fingerprint density at radius 3 is 2.76 bits per heavy atom. The summed E-state index contributed by atoms with van der Waals surface area (Å²) >= 11 is 0. The zero-order valence-corrected chi connectivity index (χ0v) is 13.5. The lowest BCUT2D eigenvalue weighted by atomic mass is 10.0. The van der Waals surface area contributed by atoms with Crippen molar-refractivity contribution in [1.82, 2.24) is 9.97 Å². The van der Waals surface area contributed by atoms with Crippen LogP contribution in [0.1, 0.15) is 50.9 Å². The topological polar surface area (TPSA) is 61.3 Å². The van der Waals surface area contributed by atoms with Gasteiger partial charge in [0.1, 0.15) is 17.5 Å². The van der Waals surface area contributed by atoms with Crippen molar-refractivity contribution in [1.29, 1.82) is 0 Å². The van der Waals surface area contributed by atoms with E-state index in [1.54, 1.807) is 0 Å². The molecule has 21 heavy (non-hydrogen) atoms. The lowest BCUT2D eigenvalue weighted by molar-refractivity contribution is 0.239. The van der Waals surface area contributed by atoms with Gasteiger partial charge in [0.15, 0.2) is 0 Å². The second-order valence-corrected chi connectivity index (χ2v) is 5.74. The van der Waals surface area contributed by atoms with Gasteiger partial charge in [0, 0.05) is 25.1 Å². The number of aliphatic hydroxyl groups excluding tert-OH is 1. The number of nitrogens with one attached hydrogen (secondary N) is 1. The summed E-state index contributed by atoms with van der Waals surface area (Å²) in [5.41, 5.74) is 1.10. The Labute approximate surface area is 127 Å². The number of anilines is 2. The molecule has 1 aromatic rings. The van der Waals surface area contributed by atoms with Gasteiger partial charge in [0.25, 0.3) is 0 Å². The van der Waals surface area contributed by atoms with E-state index in [1.807, 2.05) is 0 Å². The van der Waals surface area contributed by atoms with Crippen LogP contribution in [0.4, 0.5) is 11.6 Å². The second kappa shape index (κ2) is 7.59. The Hall–Kier alpha value is -1.36. The first-order valence-electron chi connectivity index (χ1n) is 8.20. The zero-order chi connectivity index (χ0) is 15.2. The number of piperidine rings is 1. The van der Waals surface area contributed by atoms with Crippen molar-refractivity contribution in [3.63, 3.8) is 0 Å². The molecular formula is C16H28N4O. The van der Waals surface area contributed by atoms with Crippen molar-refractivity contribution >= 4 is 11.6 Å². The highest BCUT2D eigenvalue weighted by Crippen LogP contribution is 2.29. The summed E-state index contributed by atoms with van der Waals surface area (Å²) in [4.78, 5) is 11.6. The summed E-state index contributed by atoms with van der Waals surface area (Å²) < 4.78 is 0. The second-order valence-electron chi connectivity index (χ2n) is 5.74. The Morgan fingerprint density at radius 1 is 1.29 bits per heavy atom. The van der Waals surface area contributed by atoms with Crippen LogP contribution in [0.15, 0.2) is 0 Å². The van der Waals surface area contributed by atoms with Crippen LogP contribution < -0.4 is 10.2 Å². The van der Waals surface area contributed by atoms with Crippen LogP contribution in [-0.4, -0.2) is 40.8 Å². The average molecular weight is 292 g/mol. The molecule has 1 fully saturated rings. The molecular weight excluding hydrogens is 264 g/mol. The van der Waals surface area contributed by atoms with Gasteiger partial charge in [-0.25, -0.2) is 9.97 Å². The number of aryl methyl sites for hydroxylation is 1. The quantitative estimate of drug-likeness (QED) is 0.843. The van der Waals surface area contributed by atoms with E-state index in [4.69, 9.17) is 4.98 Å². The first kappa shape index (κ1) is 16.0. The number of hydrogen-bond donors (Lipinski definition) is 2. The molecule has 2 N–H and O–H groups in total. The van der Waals surface area contributed by atoms with Crippen molar-refractivity contribution < 1.29 is 5.11 Å². The molecule has 1 unspecified atom stereocenters.